The predicted octanol–water partition coefficient (Wildman–Crippen LogP) is 0.937. The van der Waals surface area contributed by atoms with Gasteiger partial charge in [-0.15, -0.1) is 0 Å². The Bertz CT molecular complexity index is 453. The fourth-order valence-corrected chi connectivity index (χ4v) is 1.97. The summed E-state index contributed by atoms with van der Waals surface area (Å²) in [6, 6.07) is 1.79. The van der Waals surface area contributed by atoms with Crippen LogP contribution in [0.5, 0.6) is 0 Å². The van der Waals surface area contributed by atoms with Crippen molar-refractivity contribution in [2.75, 3.05) is 13.1 Å². The van der Waals surface area contributed by atoms with Gasteiger partial charge in [-0.3, -0.25) is 14.6 Å². The lowest BCUT2D eigenvalue weighted by Gasteiger charge is -2.38. The smallest absolute Gasteiger partial charge is 0.303 e. The molecule has 0 spiro atoms. The molecule has 5 nitrogen and oxygen atoms in total. The summed E-state index contributed by atoms with van der Waals surface area (Å²) in [6.07, 6.45) is 3.37. The van der Waals surface area contributed by atoms with E-state index in [-0.39, 0.29) is 18.2 Å². The quantitative estimate of drug-likeness (QED) is 0.844. The molecule has 0 aromatic carbocycles. The third kappa shape index (κ3) is 2.61. The third-order valence-electron chi connectivity index (χ3n) is 2.83. The first-order valence-corrected chi connectivity index (χ1v) is 5.49. The maximum atomic E-state index is 11.9. The Morgan fingerprint density at radius 1 is 1.47 bits per heavy atom. The number of nitrogens with zero attached hydrogens (tertiary/aromatic N) is 2. The van der Waals surface area contributed by atoms with Crippen LogP contribution in [0.2, 0.25) is 0 Å². The van der Waals surface area contributed by atoms with E-state index < -0.39 is 5.97 Å². The van der Waals surface area contributed by atoms with E-state index in [4.69, 9.17) is 5.11 Å². The van der Waals surface area contributed by atoms with Crippen LogP contribution in [0.1, 0.15) is 22.3 Å². The van der Waals surface area contributed by atoms with Crippen LogP contribution in [0.15, 0.2) is 18.5 Å². The number of rotatable bonds is 3. The van der Waals surface area contributed by atoms with Gasteiger partial charge in [0, 0.05) is 31.4 Å². The zero-order valence-corrected chi connectivity index (χ0v) is 9.59. The number of pyridine rings is 1. The van der Waals surface area contributed by atoms with Gasteiger partial charge >= 0.3 is 5.97 Å². The topological polar surface area (TPSA) is 70.5 Å². The van der Waals surface area contributed by atoms with Gasteiger partial charge in [-0.25, -0.2) is 0 Å². The van der Waals surface area contributed by atoms with Gasteiger partial charge in [-0.1, -0.05) is 0 Å². The summed E-state index contributed by atoms with van der Waals surface area (Å²) in [6.45, 7) is 2.94. The fourth-order valence-electron chi connectivity index (χ4n) is 1.97. The van der Waals surface area contributed by atoms with E-state index in [0.717, 1.165) is 5.56 Å². The van der Waals surface area contributed by atoms with Crippen molar-refractivity contribution >= 4 is 11.9 Å². The first-order valence-electron chi connectivity index (χ1n) is 5.49. The molecule has 2 heterocycles. The average Bonchev–Trinajstić information content (AvgIpc) is 2.21. The maximum Gasteiger partial charge on any atom is 0.303 e. The molecule has 2 rings (SSSR count). The van der Waals surface area contributed by atoms with Crippen molar-refractivity contribution in [2.24, 2.45) is 5.92 Å². The fraction of sp³-hybridized carbons (Fsp3) is 0.417. The molecule has 1 saturated heterocycles. The van der Waals surface area contributed by atoms with Crippen LogP contribution >= 0.6 is 0 Å². The molecule has 0 saturated carbocycles. The van der Waals surface area contributed by atoms with Crippen molar-refractivity contribution < 1.29 is 14.7 Å². The van der Waals surface area contributed by atoms with E-state index in [9.17, 15) is 9.59 Å². The number of aryl methyl sites for hydroxylation is 1. The molecule has 5 heteroatoms. The minimum absolute atomic E-state index is 0.0668. The molecule has 1 fully saturated rings. The molecular weight excluding hydrogens is 220 g/mol. The van der Waals surface area contributed by atoms with E-state index >= 15 is 0 Å². The van der Waals surface area contributed by atoms with Crippen LogP contribution in [-0.2, 0) is 4.79 Å². The highest BCUT2D eigenvalue weighted by atomic mass is 16.4. The second-order valence-electron chi connectivity index (χ2n) is 4.42. The van der Waals surface area contributed by atoms with Crippen LogP contribution in [-0.4, -0.2) is 40.0 Å². The van der Waals surface area contributed by atoms with Crippen LogP contribution in [0.3, 0.4) is 0 Å². The van der Waals surface area contributed by atoms with E-state index in [2.05, 4.69) is 4.98 Å². The van der Waals surface area contributed by atoms with Gasteiger partial charge in [-0.2, -0.15) is 0 Å². The van der Waals surface area contributed by atoms with Gasteiger partial charge in [0.15, 0.2) is 0 Å². The third-order valence-corrected chi connectivity index (χ3v) is 2.83. The minimum Gasteiger partial charge on any atom is -0.481 e. The number of carbonyl (C=O) groups excluding carboxylic acids is 1. The molecule has 0 radical (unpaired) electrons. The Labute approximate surface area is 99.1 Å². The zero-order chi connectivity index (χ0) is 12.4. The number of hydrogen-bond donors (Lipinski definition) is 1. The minimum atomic E-state index is -0.806. The first kappa shape index (κ1) is 11.6. The standard InChI is InChI=1S/C12H14N2O3/c1-8-2-10(5-13-4-8)12(17)14-6-9(7-14)3-11(15)16/h2,4-5,9H,3,6-7H2,1H3,(H,15,16). The van der Waals surface area contributed by atoms with Gasteiger partial charge < -0.3 is 10.0 Å². The summed E-state index contributed by atoms with van der Waals surface area (Å²) < 4.78 is 0. The van der Waals surface area contributed by atoms with E-state index in [1.807, 2.05) is 6.92 Å². The van der Waals surface area contributed by atoms with Crippen molar-refractivity contribution in [3.05, 3.63) is 29.6 Å². The number of amides is 1. The number of carboxylic acids is 1. The maximum absolute atomic E-state index is 11.9. The molecule has 1 aromatic heterocycles. The highest BCUT2D eigenvalue weighted by molar-refractivity contribution is 5.94. The van der Waals surface area contributed by atoms with Crippen molar-refractivity contribution in [1.29, 1.82) is 0 Å². The molecule has 0 unspecified atom stereocenters. The van der Waals surface area contributed by atoms with Gasteiger partial charge in [-0.05, 0) is 18.6 Å². The predicted molar refractivity (Wildman–Crippen MR) is 60.6 cm³/mol. The molecule has 1 amide bonds. The largest absolute Gasteiger partial charge is 0.481 e. The second-order valence-corrected chi connectivity index (χ2v) is 4.42. The molecule has 0 aliphatic carbocycles. The molecule has 1 aliphatic rings. The Hall–Kier alpha value is -1.91. The Balaban J connectivity index is 1.93. The van der Waals surface area contributed by atoms with E-state index in [1.54, 1.807) is 23.4 Å². The molecular formula is C12H14N2O3. The van der Waals surface area contributed by atoms with E-state index in [0.29, 0.717) is 18.7 Å². The number of hydrogen-bond acceptors (Lipinski definition) is 3. The summed E-state index contributed by atoms with van der Waals surface area (Å²) in [7, 11) is 0. The monoisotopic (exact) mass is 234 g/mol. The van der Waals surface area contributed by atoms with Crippen molar-refractivity contribution in [2.45, 2.75) is 13.3 Å². The number of aromatic nitrogens is 1. The molecule has 1 aromatic rings. The number of carbonyl (C=O) groups is 2. The van der Waals surface area contributed by atoms with E-state index in [1.165, 1.54) is 0 Å². The van der Waals surface area contributed by atoms with Crippen LogP contribution in [0.25, 0.3) is 0 Å². The van der Waals surface area contributed by atoms with Gasteiger partial charge in [0.1, 0.15) is 0 Å². The van der Waals surface area contributed by atoms with Crippen LogP contribution < -0.4 is 0 Å². The second kappa shape index (κ2) is 4.53. The lowest BCUT2D eigenvalue weighted by atomic mass is 9.95. The lowest BCUT2D eigenvalue weighted by molar-refractivity contribution is -0.139. The Morgan fingerprint density at radius 2 is 2.18 bits per heavy atom. The highest BCUT2D eigenvalue weighted by Gasteiger charge is 2.32. The highest BCUT2D eigenvalue weighted by Crippen LogP contribution is 2.21. The van der Waals surface area contributed by atoms with Gasteiger partial charge in [0.2, 0.25) is 0 Å². The summed E-state index contributed by atoms with van der Waals surface area (Å²) in [5, 5.41) is 8.61. The molecule has 0 bridgehead atoms. The number of likely N-dealkylation sites (tertiary alicyclic amines) is 1. The van der Waals surface area contributed by atoms with Crippen LogP contribution in [0, 0.1) is 12.8 Å². The molecule has 17 heavy (non-hydrogen) atoms. The van der Waals surface area contributed by atoms with Crippen molar-refractivity contribution in [3.63, 3.8) is 0 Å². The zero-order valence-electron chi connectivity index (χ0n) is 9.59. The summed E-state index contributed by atoms with van der Waals surface area (Å²) in [5.74, 6) is -0.781. The number of carboxylic acid groups (broad SMARTS) is 1. The SMILES string of the molecule is Cc1cncc(C(=O)N2CC(CC(=O)O)C2)c1. The normalized spacial score (nSPS) is 15.5. The van der Waals surface area contributed by atoms with Crippen molar-refractivity contribution in [1.82, 2.24) is 9.88 Å². The first-order chi connectivity index (χ1) is 8.06. The van der Waals surface area contributed by atoms with Crippen LogP contribution in [0.4, 0.5) is 0 Å². The lowest BCUT2D eigenvalue weighted by Crippen LogP contribution is -2.50. The molecule has 1 N–H and O–H groups in total. The average molecular weight is 234 g/mol. The Kier molecular flexibility index (Phi) is 3.08. The van der Waals surface area contributed by atoms with Crippen molar-refractivity contribution in [3.8, 4) is 0 Å². The van der Waals surface area contributed by atoms with Gasteiger partial charge in [0.05, 0.1) is 12.0 Å². The molecule has 0 atom stereocenters. The summed E-state index contributed by atoms with van der Waals surface area (Å²) >= 11 is 0. The van der Waals surface area contributed by atoms with Gasteiger partial charge in [0.25, 0.3) is 5.91 Å². The molecule has 90 valence electrons. The number of aliphatic carboxylic acids is 1. The summed E-state index contributed by atoms with van der Waals surface area (Å²) in [5.41, 5.74) is 1.51. The summed E-state index contributed by atoms with van der Waals surface area (Å²) in [4.78, 5) is 28.1. The Morgan fingerprint density at radius 3 is 2.76 bits per heavy atom. The molecule has 1 aliphatic heterocycles.